The van der Waals surface area contributed by atoms with Crippen LogP contribution in [0.4, 0.5) is 5.69 Å². The Morgan fingerprint density at radius 2 is 2.04 bits per heavy atom. The van der Waals surface area contributed by atoms with Gasteiger partial charge in [0, 0.05) is 19.4 Å². The first-order valence-corrected chi connectivity index (χ1v) is 9.95. The number of nitrogens with zero attached hydrogens (tertiary/aromatic N) is 1. The van der Waals surface area contributed by atoms with E-state index in [-0.39, 0.29) is 5.91 Å². The third kappa shape index (κ3) is 2.61. The third-order valence-corrected chi connectivity index (χ3v) is 6.91. The van der Waals surface area contributed by atoms with Crippen LogP contribution in [0.2, 0.25) is 0 Å². The molecule has 0 saturated heterocycles. The molecule has 0 saturated carbocycles. The van der Waals surface area contributed by atoms with E-state index in [0.29, 0.717) is 5.57 Å². The highest BCUT2D eigenvalue weighted by Gasteiger charge is 2.29. The number of nitrogens with one attached hydrogen (secondary N) is 1. The Balaban J connectivity index is 1.84. The Labute approximate surface area is 155 Å². The molecule has 0 fully saturated rings. The highest BCUT2D eigenvalue weighted by Crippen LogP contribution is 2.43. The van der Waals surface area contributed by atoms with Gasteiger partial charge >= 0.3 is 0 Å². The zero-order chi connectivity index (χ0) is 16.1. The van der Waals surface area contributed by atoms with Crippen LogP contribution in [0.3, 0.4) is 0 Å². The number of hydrogen-bond donors (Lipinski definition) is 1. The fraction of sp³-hybridized carbons (Fsp3) is 0.294. The molecular formula is C17H14Br2N2OS. The van der Waals surface area contributed by atoms with Crippen LogP contribution in [0.1, 0.15) is 39.5 Å². The molecule has 0 radical (unpaired) electrons. The number of rotatable bonds is 1. The molecule has 0 spiro atoms. The number of fused-ring (bicyclic) bond motifs is 2. The maximum absolute atomic E-state index is 12.5. The second kappa shape index (κ2) is 5.83. The molecule has 0 unspecified atom stereocenters. The van der Waals surface area contributed by atoms with E-state index in [4.69, 9.17) is 4.98 Å². The van der Waals surface area contributed by atoms with Gasteiger partial charge in [-0.05, 0) is 66.2 Å². The highest BCUT2D eigenvalue weighted by atomic mass is 79.9. The minimum atomic E-state index is -0.0601. The predicted molar refractivity (Wildman–Crippen MR) is 102 cm³/mol. The van der Waals surface area contributed by atoms with Gasteiger partial charge < -0.3 is 5.32 Å². The number of benzene rings is 1. The third-order valence-electron chi connectivity index (χ3n) is 4.36. The summed E-state index contributed by atoms with van der Waals surface area (Å²) in [6.07, 6.45) is 6.58. The standard InChI is InChI=1S/C17H14Br2N2OS/c1-8-10(18)7-11(19)16-15(8)9(17(22)21-16)6-14-20-12-4-2-3-5-13(12)23-14/h6-7H,2-5H2,1H3,(H,21,22). The monoisotopic (exact) mass is 452 g/mol. The van der Waals surface area contributed by atoms with Crippen LogP contribution in [0.5, 0.6) is 0 Å². The molecule has 2 aromatic rings. The van der Waals surface area contributed by atoms with E-state index in [9.17, 15) is 4.79 Å². The molecule has 0 bridgehead atoms. The number of aromatic nitrogens is 1. The van der Waals surface area contributed by atoms with Crippen LogP contribution >= 0.6 is 43.2 Å². The molecule has 1 aromatic heterocycles. The average molecular weight is 454 g/mol. The van der Waals surface area contributed by atoms with Gasteiger partial charge in [-0.3, -0.25) is 4.79 Å². The summed E-state index contributed by atoms with van der Waals surface area (Å²) in [5, 5.41) is 3.90. The summed E-state index contributed by atoms with van der Waals surface area (Å²) >= 11 is 8.83. The minimum Gasteiger partial charge on any atom is -0.320 e. The van der Waals surface area contributed by atoms with Crippen molar-refractivity contribution in [3.63, 3.8) is 0 Å². The van der Waals surface area contributed by atoms with E-state index < -0.39 is 0 Å². The SMILES string of the molecule is Cc1c(Br)cc(Br)c2c1C(=Cc1nc3c(s1)CCCC3)C(=O)N2. The van der Waals surface area contributed by atoms with E-state index in [1.807, 2.05) is 19.1 Å². The predicted octanol–water partition coefficient (Wildman–Crippen LogP) is 5.35. The Morgan fingerprint density at radius 3 is 2.83 bits per heavy atom. The first kappa shape index (κ1) is 15.5. The van der Waals surface area contributed by atoms with E-state index in [1.54, 1.807) is 11.3 Å². The molecule has 1 amide bonds. The van der Waals surface area contributed by atoms with Crippen molar-refractivity contribution in [2.75, 3.05) is 5.32 Å². The van der Waals surface area contributed by atoms with Gasteiger partial charge in [0.1, 0.15) is 5.01 Å². The highest BCUT2D eigenvalue weighted by molar-refractivity contribution is 9.11. The average Bonchev–Trinajstić information content (AvgIpc) is 3.07. The van der Waals surface area contributed by atoms with Crippen molar-refractivity contribution in [1.82, 2.24) is 4.98 Å². The molecule has 1 N–H and O–H groups in total. The lowest BCUT2D eigenvalue weighted by atomic mass is 10.0. The Hall–Kier alpha value is -0.980. The quantitative estimate of drug-likeness (QED) is 0.591. The van der Waals surface area contributed by atoms with Crippen LogP contribution in [0.25, 0.3) is 11.6 Å². The lowest BCUT2D eigenvalue weighted by Crippen LogP contribution is -2.03. The summed E-state index contributed by atoms with van der Waals surface area (Å²) in [6.45, 7) is 2.02. The summed E-state index contributed by atoms with van der Waals surface area (Å²) in [4.78, 5) is 18.6. The number of thiazole rings is 1. The van der Waals surface area contributed by atoms with Crippen molar-refractivity contribution in [2.45, 2.75) is 32.6 Å². The van der Waals surface area contributed by atoms with Gasteiger partial charge in [0.25, 0.3) is 5.91 Å². The molecule has 4 rings (SSSR count). The number of amides is 1. The zero-order valence-corrected chi connectivity index (χ0v) is 16.5. The van der Waals surface area contributed by atoms with Crippen LogP contribution in [0, 0.1) is 6.92 Å². The molecule has 0 atom stereocenters. The summed E-state index contributed by atoms with van der Waals surface area (Å²) in [7, 11) is 0. The molecule has 118 valence electrons. The molecule has 6 heteroatoms. The number of carbonyl (C=O) groups is 1. The molecule has 2 heterocycles. The van der Waals surface area contributed by atoms with E-state index in [2.05, 4.69) is 37.2 Å². The van der Waals surface area contributed by atoms with Crippen LogP contribution in [-0.4, -0.2) is 10.9 Å². The minimum absolute atomic E-state index is 0.0601. The number of anilines is 1. The molecule has 2 aliphatic rings. The van der Waals surface area contributed by atoms with Crippen molar-refractivity contribution in [3.8, 4) is 0 Å². The summed E-state index contributed by atoms with van der Waals surface area (Å²) in [6, 6.07) is 1.97. The lowest BCUT2D eigenvalue weighted by Gasteiger charge is -2.08. The topological polar surface area (TPSA) is 42.0 Å². The van der Waals surface area contributed by atoms with Crippen molar-refractivity contribution in [2.24, 2.45) is 0 Å². The molecule has 1 aromatic carbocycles. The van der Waals surface area contributed by atoms with Gasteiger partial charge in [-0.25, -0.2) is 4.98 Å². The lowest BCUT2D eigenvalue weighted by molar-refractivity contribution is -0.110. The molecule has 23 heavy (non-hydrogen) atoms. The molecule has 3 nitrogen and oxygen atoms in total. The summed E-state index contributed by atoms with van der Waals surface area (Å²) < 4.78 is 1.88. The smallest absolute Gasteiger partial charge is 0.256 e. The normalized spacial score (nSPS) is 18.0. The van der Waals surface area contributed by atoms with Crippen LogP contribution in [-0.2, 0) is 17.6 Å². The van der Waals surface area contributed by atoms with Crippen molar-refractivity contribution >= 4 is 66.4 Å². The van der Waals surface area contributed by atoms with Gasteiger partial charge in [-0.1, -0.05) is 15.9 Å². The Bertz CT molecular complexity index is 846. The van der Waals surface area contributed by atoms with Gasteiger partial charge in [0.2, 0.25) is 0 Å². The van der Waals surface area contributed by atoms with Gasteiger partial charge in [0.05, 0.1) is 17.0 Å². The maximum Gasteiger partial charge on any atom is 0.256 e. The van der Waals surface area contributed by atoms with E-state index in [1.165, 1.54) is 23.4 Å². The first-order valence-electron chi connectivity index (χ1n) is 7.55. The van der Waals surface area contributed by atoms with Gasteiger partial charge in [-0.15, -0.1) is 11.3 Å². The number of halogens is 2. The number of aryl methyl sites for hydroxylation is 2. The summed E-state index contributed by atoms with van der Waals surface area (Å²) in [5.41, 5.74) is 4.80. The van der Waals surface area contributed by atoms with E-state index in [0.717, 1.165) is 43.6 Å². The largest absolute Gasteiger partial charge is 0.320 e. The molecule has 1 aliphatic carbocycles. The maximum atomic E-state index is 12.5. The van der Waals surface area contributed by atoms with Crippen LogP contribution < -0.4 is 5.32 Å². The van der Waals surface area contributed by atoms with Gasteiger partial charge in [-0.2, -0.15) is 0 Å². The van der Waals surface area contributed by atoms with Crippen molar-refractivity contribution < 1.29 is 4.79 Å². The van der Waals surface area contributed by atoms with Crippen LogP contribution in [0.15, 0.2) is 15.0 Å². The molecule has 1 aliphatic heterocycles. The molecular weight excluding hydrogens is 440 g/mol. The second-order valence-corrected chi connectivity index (χ2v) is 8.68. The number of hydrogen-bond acceptors (Lipinski definition) is 3. The Morgan fingerprint density at radius 1 is 1.26 bits per heavy atom. The van der Waals surface area contributed by atoms with E-state index >= 15 is 0 Å². The fourth-order valence-electron chi connectivity index (χ4n) is 3.17. The fourth-order valence-corrected chi connectivity index (χ4v) is 5.52. The van der Waals surface area contributed by atoms with Crippen molar-refractivity contribution in [3.05, 3.63) is 41.7 Å². The zero-order valence-electron chi connectivity index (χ0n) is 12.5. The second-order valence-electron chi connectivity index (χ2n) is 5.86. The Kier molecular flexibility index (Phi) is 3.94. The van der Waals surface area contributed by atoms with Gasteiger partial charge in [0.15, 0.2) is 0 Å². The van der Waals surface area contributed by atoms with Crippen molar-refractivity contribution in [1.29, 1.82) is 0 Å². The number of carbonyl (C=O) groups excluding carboxylic acids is 1. The summed E-state index contributed by atoms with van der Waals surface area (Å²) in [5.74, 6) is -0.0601. The first-order chi connectivity index (χ1) is 11.0.